The first-order valence-electron chi connectivity index (χ1n) is 8.25. The highest BCUT2D eigenvalue weighted by molar-refractivity contribution is 7.10. The van der Waals surface area contributed by atoms with Crippen molar-refractivity contribution in [3.05, 3.63) is 65.0 Å². The summed E-state index contributed by atoms with van der Waals surface area (Å²) in [5.74, 6) is 1.47. The quantitative estimate of drug-likeness (QED) is 0.644. The Kier molecular flexibility index (Phi) is 6.04. The predicted molar refractivity (Wildman–Crippen MR) is 102 cm³/mol. The van der Waals surface area contributed by atoms with Crippen molar-refractivity contribution in [2.45, 2.75) is 12.5 Å². The molecule has 0 saturated heterocycles. The Morgan fingerprint density at radius 2 is 2.00 bits per heavy atom. The summed E-state index contributed by atoms with van der Waals surface area (Å²) in [6, 6.07) is 16.2. The highest BCUT2D eigenvalue weighted by Crippen LogP contribution is 2.31. The van der Waals surface area contributed by atoms with E-state index in [1.807, 2.05) is 31.3 Å². The van der Waals surface area contributed by atoms with Gasteiger partial charge in [-0.2, -0.15) is 0 Å². The van der Waals surface area contributed by atoms with Crippen LogP contribution in [-0.4, -0.2) is 25.7 Å². The minimum absolute atomic E-state index is 0.0506. The molecule has 1 unspecified atom stereocenters. The van der Waals surface area contributed by atoms with Gasteiger partial charge in [-0.3, -0.25) is 0 Å². The molecule has 4 nitrogen and oxygen atoms in total. The van der Waals surface area contributed by atoms with E-state index < -0.39 is 0 Å². The molecule has 1 aromatic carbocycles. The summed E-state index contributed by atoms with van der Waals surface area (Å²) in [6.07, 6.45) is 2.72. The van der Waals surface area contributed by atoms with Gasteiger partial charge < -0.3 is 14.8 Å². The highest BCUT2D eigenvalue weighted by Gasteiger charge is 2.14. The van der Waals surface area contributed by atoms with Crippen LogP contribution in [-0.2, 0) is 0 Å². The molecular formula is C20H22N2O2S. The van der Waals surface area contributed by atoms with Gasteiger partial charge in [-0.05, 0) is 54.4 Å². The Hall–Kier alpha value is -2.37. The van der Waals surface area contributed by atoms with Gasteiger partial charge in [0, 0.05) is 23.6 Å². The molecule has 0 amide bonds. The zero-order valence-corrected chi connectivity index (χ0v) is 15.3. The molecule has 0 aliphatic carbocycles. The SMILES string of the molecule is CNCCC(Oc1cccc(-c2ccnc(OC)c2)c1)c1cccs1. The van der Waals surface area contributed by atoms with E-state index >= 15 is 0 Å². The Balaban J connectivity index is 1.82. The van der Waals surface area contributed by atoms with Gasteiger partial charge in [0.25, 0.3) is 0 Å². The standard InChI is InChI=1S/C20H22N2O2S/c1-21-10-9-18(19-7-4-12-25-19)24-17-6-3-5-15(13-17)16-8-11-22-20(14-16)23-2/h3-8,11-14,18,21H,9-10H2,1-2H3. The van der Waals surface area contributed by atoms with Gasteiger partial charge in [-0.25, -0.2) is 4.98 Å². The van der Waals surface area contributed by atoms with E-state index in [0.717, 1.165) is 29.8 Å². The lowest BCUT2D eigenvalue weighted by Gasteiger charge is -2.18. The Morgan fingerprint density at radius 3 is 2.76 bits per heavy atom. The highest BCUT2D eigenvalue weighted by atomic mass is 32.1. The summed E-state index contributed by atoms with van der Waals surface area (Å²) in [4.78, 5) is 5.40. The van der Waals surface area contributed by atoms with Gasteiger partial charge in [0.15, 0.2) is 0 Å². The van der Waals surface area contributed by atoms with E-state index in [0.29, 0.717) is 5.88 Å². The maximum atomic E-state index is 6.30. The van der Waals surface area contributed by atoms with E-state index in [2.05, 4.69) is 39.9 Å². The van der Waals surface area contributed by atoms with Gasteiger partial charge in [0.2, 0.25) is 5.88 Å². The average Bonchev–Trinajstić information content (AvgIpc) is 3.20. The second-order valence-corrected chi connectivity index (χ2v) is 6.61. The molecule has 1 atom stereocenters. The molecule has 3 rings (SSSR count). The Bertz CT molecular complexity index is 790. The second-order valence-electron chi connectivity index (χ2n) is 5.63. The van der Waals surface area contributed by atoms with Crippen molar-refractivity contribution in [1.29, 1.82) is 0 Å². The fourth-order valence-corrected chi connectivity index (χ4v) is 3.41. The molecule has 0 bridgehead atoms. The lowest BCUT2D eigenvalue weighted by atomic mass is 10.1. The molecule has 0 spiro atoms. The van der Waals surface area contributed by atoms with E-state index in [-0.39, 0.29) is 6.10 Å². The smallest absolute Gasteiger partial charge is 0.213 e. The van der Waals surface area contributed by atoms with Crippen molar-refractivity contribution >= 4 is 11.3 Å². The monoisotopic (exact) mass is 354 g/mol. The number of thiophene rings is 1. The third-order valence-electron chi connectivity index (χ3n) is 3.91. The van der Waals surface area contributed by atoms with Crippen molar-refractivity contribution in [3.8, 4) is 22.8 Å². The third-order valence-corrected chi connectivity index (χ3v) is 4.87. The number of hydrogen-bond donors (Lipinski definition) is 1. The summed E-state index contributed by atoms with van der Waals surface area (Å²) in [6.45, 7) is 0.907. The predicted octanol–water partition coefficient (Wildman–Crippen LogP) is 4.55. The molecule has 130 valence electrons. The zero-order valence-electron chi connectivity index (χ0n) is 14.4. The van der Waals surface area contributed by atoms with Crippen LogP contribution in [0.5, 0.6) is 11.6 Å². The number of hydrogen-bond acceptors (Lipinski definition) is 5. The van der Waals surface area contributed by atoms with E-state index in [1.165, 1.54) is 4.88 Å². The lowest BCUT2D eigenvalue weighted by Crippen LogP contribution is -2.15. The Morgan fingerprint density at radius 1 is 1.12 bits per heavy atom. The fourth-order valence-electron chi connectivity index (χ4n) is 2.62. The number of nitrogens with one attached hydrogen (secondary N) is 1. The molecule has 0 saturated carbocycles. The van der Waals surface area contributed by atoms with Crippen molar-refractivity contribution in [1.82, 2.24) is 10.3 Å². The van der Waals surface area contributed by atoms with Gasteiger partial charge in [-0.1, -0.05) is 18.2 Å². The van der Waals surface area contributed by atoms with Crippen LogP contribution in [0, 0.1) is 0 Å². The maximum Gasteiger partial charge on any atom is 0.213 e. The molecule has 25 heavy (non-hydrogen) atoms. The number of pyridine rings is 1. The van der Waals surface area contributed by atoms with Crippen molar-refractivity contribution < 1.29 is 9.47 Å². The first-order valence-corrected chi connectivity index (χ1v) is 9.13. The van der Waals surface area contributed by atoms with Gasteiger partial charge >= 0.3 is 0 Å². The topological polar surface area (TPSA) is 43.4 Å². The van der Waals surface area contributed by atoms with Crippen molar-refractivity contribution in [2.75, 3.05) is 20.7 Å². The lowest BCUT2D eigenvalue weighted by molar-refractivity contribution is 0.199. The zero-order chi connectivity index (χ0) is 17.5. The molecule has 5 heteroatoms. The molecular weight excluding hydrogens is 332 g/mol. The molecule has 2 aromatic heterocycles. The van der Waals surface area contributed by atoms with Gasteiger partial charge in [0.05, 0.1) is 7.11 Å². The van der Waals surface area contributed by atoms with Crippen molar-refractivity contribution in [2.24, 2.45) is 0 Å². The molecule has 0 aliphatic heterocycles. The summed E-state index contributed by atoms with van der Waals surface area (Å²) < 4.78 is 11.5. The molecule has 1 N–H and O–H groups in total. The largest absolute Gasteiger partial charge is 0.485 e. The van der Waals surface area contributed by atoms with Crippen LogP contribution in [0.25, 0.3) is 11.1 Å². The number of methoxy groups -OCH3 is 1. The maximum absolute atomic E-state index is 6.30. The third kappa shape index (κ3) is 4.59. The second kappa shape index (κ2) is 8.65. The van der Waals surface area contributed by atoms with E-state index in [9.17, 15) is 0 Å². The fraction of sp³-hybridized carbons (Fsp3) is 0.250. The number of nitrogens with zero attached hydrogens (tertiary/aromatic N) is 1. The Labute approximate surface area is 152 Å². The number of rotatable bonds is 8. The normalized spacial score (nSPS) is 11.9. The van der Waals surface area contributed by atoms with Crippen molar-refractivity contribution in [3.63, 3.8) is 0 Å². The van der Waals surface area contributed by atoms with Crippen LogP contribution >= 0.6 is 11.3 Å². The summed E-state index contributed by atoms with van der Waals surface area (Å²) in [5, 5.41) is 5.29. The van der Waals surface area contributed by atoms with Crippen LogP contribution in [0.15, 0.2) is 60.1 Å². The van der Waals surface area contributed by atoms with Gasteiger partial charge in [-0.15, -0.1) is 11.3 Å². The molecule has 0 radical (unpaired) electrons. The summed E-state index contributed by atoms with van der Waals surface area (Å²) >= 11 is 1.73. The first kappa shape index (κ1) is 17.5. The van der Waals surface area contributed by atoms with Crippen LogP contribution in [0.3, 0.4) is 0 Å². The van der Waals surface area contributed by atoms with E-state index in [1.54, 1.807) is 24.6 Å². The van der Waals surface area contributed by atoms with Crippen LogP contribution in [0.2, 0.25) is 0 Å². The molecule has 0 aliphatic rings. The van der Waals surface area contributed by atoms with Crippen LogP contribution in [0.4, 0.5) is 0 Å². The number of ether oxygens (including phenoxy) is 2. The minimum Gasteiger partial charge on any atom is -0.485 e. The molecule has 3 aromatic rings. The first-order chi connectivity index (χ1) is 12.3. The number of aromatic nitrogens is 1. The summed E-state index contributed by atoms with van der Waals surface area (Å²) in [5.41, 5.74) is 2.14. The van der Waals surface area contributed by atoms with E-state index in [4.69, 9.17) is 9.47 Å². The summed E-state index contributed by atoms with van der Waals surface area (Å²) in [7, 11) is 3.59. The molecule has 2 heterocycles. The van der Waals surface area contributed by atoms with Crippen LogP contribution in [0.1, 0.15) is 17.4 Å². The minimum atomic E-state index is 0.0506. The van der Waals surface area contributed by atoms with Gasteiger partial charge in [0.1, 0.15) is 11.9 Å². The molecule has 0 fully saturated rings. The number of benzene rings is 1. The van der Waals surface area contributed by atoms with Crippen LogP contribution < -0.4 is 14.8 Å². The average molecular weight is 354 g/mol.